The predicted octanol–water partition coefficient (Wildman–Crippen LogP) is 0.0695. The van der Waals surface area contributed by atoms with Crippen molar-refractivity contribution in [3.05, 3.63) is 0 Å². The van der Waals surface area contributed by atoms with Crippen LogP contribution in [0.25, 0.3) is 0 Å². The summed E-state index contributed by atoms with van der Waals surface area (Å²) in [4.78, 5) is 15.6. The Kier molecular flexibility index (Phi) is 5.86. The van der Waals surface area contributed by atoms with Gasteiger partial charge in [0.15, 0.2) is 5.96 Å². The maximum atomic E-state index is 11.4. The Balaban J connectivity index is 0.00000128. The lowest BCUT2D eigenvalue weighted by molar-refractivity contribution is -0.120. The number of hydrogen-bond donors (Lipinski definition) is 3. The van der Waals surface area contributed by atoms with Gasteiger partial charge in [-0.25, -0.2) is 0 Å². The molecule has 0 saturated heterocycles. The molecule has 1 aliphatic heterocycles. The van der Waals surface area contributed by atoms with Crippen LogP contribution >= 0.6 is 24.0 Å². The molecule has 0 spiro atoms. The molecular weight excluding hydrogens is 319 g/mol. The van der Waals surface area contributed by atoms with Crippen LogP contribution < -0.4 is 16.0 Å². The fourth-order valence-electron chi connectivity index (χ4n) is 1.46. The van der Waals surface area contributed by atoms with E-state index in [9.17, 15) is 4.79 Å². The maximum Gasteiger partial charge on any atom is 0.239 e. The van der Waals surface area contributed by atoms with Crippen molar-refractivity contribution in [1.82, 2.24) is 16.0 Å². The van der Waals surface area contributed by atoms with Crippen molar-refractivity contribution >= 4 is 35.8 Å². The summed E-state index contributed by atoms with van der Waals surface area (Å²) in [5.74, 6) is 1.54. The zero-order valence-corrected chi connectivity index (χ0v) is 11.6. The van der Waals surface area contributed by atoms with Gasteiger partial charge in [-0.3, -0.25) is 9.79 Å². The second-order valence-corrected chi connectivity index (χ2v) is 4.11. The molecule has 0 aromatic carbocycles. The van der Waals surface area contributed by atoms with E-state index in [0.717, 1.165) is 37.9 Å². The summed E-state index contributed by atoms with van der Waals surface area (Å²) < 4.78 is 0. The molecule has 0 aromatic heterocycles. The van der Waals surface area contributed by atoms with Crippen molar-refractivity contribution in [2.24, 2.45) is 10.9 Å². The highest BCUT2D eigenvalue weighted by atomic mass is 127. The molecular formula is C10H19IN4O. The molecule has 5 nitrogen and oxygen atoms in total. The minimum absolute atomic E-state index is 0. The molecule has 2 aliphatic rings. The highest BCUT2D eigenvalue weighted by Gasteiger charge is 2.21. The molecule has 2 rings (SSSR count). The number of nitrogens with zero attached hydrogens (tertiary/aromatic N) is 1. The molecule has 0 bridgehead atoms. The number of amides is 1. The van der Waals surface area contributed by atoms with Gasteiger partial charge in [-0.2, -0.15) is 0 Å². The van der Waals surface area contributed by atoms with Gasteiger partial charge in [-0.15, -0.1) is 24.0 Å². The molecule has 16 heavy (non-hydrogen) atoms. The third-order valence-electron chi connectivity index (χ3n) is 2.60. The second kappa shape index (κ2) is 6.93. The van der Waals surface area contributed by atoms with Crippen LogP contribution in [-0.2, 0) is 4.79 Å². The molecule has 0 aromatic rings. The fraction of sp³-hybridized carbons (Fsp3) is 0.800. The summed E-state index contributed by atoms with van der Waals surface area (Å²) in [5, 5.41) is 9.00. The van der Waals surface area contributed by atoms with Crippen LogP contribution in [0.2, 0.25) is 0 Å². The SMILES string of the molecule is I.O=C(CNC1=NCCCN1)NCC1CC1. The van der Waals surface area contributed by atoms with Gasteiger partial charge < -0.3 is 16.0 Å². The Morgan fingerprint density at radius 3 is 2.94 bits per heavy atom. The smallest absolute Gasteiger partial charge is 0.239 e. The largest absolute Gasteiger partial charge is 0.356 e. The van der Waals surface area contributed by atoms with Crippen molar-refractivity contribution in [3.8, 4) is 0 Å². The molecule has 0 atom stereocenters. The first-order valence-corrected chi connectivity index (χ1v) is 5.63. The number of carbonyl (C=O) groups excluding carboxylic acids is 1. The van der Waals surface area contributed by atoms with E-state index in [-0.39, 0.29) is 29.9 Å². The van der Waals surface area contributed by atoms with Gasteiger partial charge in [0.05, 0.1) is 6.54 Å². The molecule has 92 valence electrons. The predicted molar refractivity (Wildman–Crippen MR) is 74.1 cm³/mol. The summed E-state index contributed by atoms with van der Waals surface area (Å²) in [6.45, 7) is 2.94. The number of hydrogen-bond acceptors (Lipinski definition) is 4. The summed E-state index contributed by atoms with van der Waals surface area (Å²) in [5.41, 5.74) is 0. The minimum atomic E-state index is 0. The molecule has 3 N–H and O–H groups in total. The van der Waals surface area contributed by atoms with Gasteiger partial charge in [0.2, 0.25) is 5.91 Å². The average Bonchev–Trinajstić information content (AvgIpc) is 3.09. The highest BCUT2D eigenvalue weighted by Crippen LogP contribution is 2.27. The van der Waals surface area contributed by atoms with Gasteiger partial charge >= 0.3 is 0 Å². The van der Waals surface area contributed by atoms with Crippen LogP contribution in [0.3, 0.4) is 0 Å². The van der Waals surface area contributed by atoms with E-state index in [1.165, 1.54) is 12.8 Å². The Bertz CT molecular complexity index is 266. The van der Waals surface area contributed by atoms with Crippen LogP contribution in [0.4, 0.5) is 0 Å². The van der Waals surface area contributed by atoms with Gasteiger partial charge in [-0.05, 0) is 25.2 Å². The standard InChI is InChI=1S/C10H18N4O.HI/c15-9(13-6-8-2-3-8)7-14-10-11-4-1-5-12-10;/h8H,1-7H2,(H,13,15)(H2,11,12,14);1H. The maximum absolute atomic E-state index is 11.4. The molecule has 1 heterocycles. The van der Waals surface area contributed by atoms with Crippen molar-refractivity contribution in [3.63, 3.8) is 0 Å². The lowest BCUT2D eigenvalue weighted by Crippen LogP contribution is -2.45. The van der Waals surface area contributed by atoms with E-state index >= 15 is 0 Å². The van der Waals surface area contributed by atoms with Gasteiger partial charge in [0.25, 0.3) is 0 Å². The van der Waals surface area contributed by atoms with E-state index in [0.29, 0.717) is 6.54 Å². The van der Waals surface area contributed by atoms with Gasteiger partial charge in [-0.1, -0.05) is 0 Å². The molecule has 6 heteroatoms. The van der Waals surface area contributed by atoms with E-state index in [4.69, 9.17) is 0 Å². The summed E-state index contributed by atoms with van der Waals surface area (Å²) >= 11 is 0. The van der Waals surface area contributed by atoms with Crippen LogP contribution in [0, 0.1) is 5.92 Å². The van der Waals surface area contributed by atoms with Crippen molar-refractivity contribution in [2.45, 2.75) is 19.3 Å². The lowest BCUT2D eigenvalue weighted by atomic mass is 10.4. The Hall–Kier alpha value is -0.530. The summed E-state index contributed by atoms with van der Waals surface area (Å²) in [6.07, 6.45) is 3.60. The second-order valence-electron chi connectivity index (χ2n) is 4.11. The van der Waals surface area contributed by atoms with E-state index in [2.05, 4.69) is 20.9 Å². The zero-order valence-electron chi connectivity index (χ0n) is 9.29. The number of aliphatic imine (C=N–C) groups is 1. The Morgan fingerprint density at radius 1 is 1.50 bits per heavy atom. The first-order chi connectivity index (χ1) is 7.34. The van der Waals surface area contributed by atoms with Crippen molar-refractivity contribution in [2.75, 3.05) is 26.2 Å². The van der Waals surface area contributed by atoms with Crippen LogP contribution in [-0.4, -0.2) is 38.0 Å². The lowest BCUT2D eigenvalue weighted by Gasteiger charge is -2.15. The summed E-state index contributed by atoms with van der Waals surface area (Å²) in [7, 11) is 0. The van der Waals surface area contributed by atoms with Crippen molar-refractivity contribution in [1.29, 1.82) is 0 Å². The van der Waals surface area contributed by atoms with E-state index in [1.807, 2.05) is 0 Å². The number of nitrogens with one attached hydrogen (secondary N) is 3. The molecule has 0 radical (unpaired) electrons. The number of carbonyl (C=O) groups is 1. The molecule has 1 fully saturated rings. The van der Waals surface area contributed by atoms with E-state index < -0.39 is 0 Å². The monoisotopic (exact) mass is 338 g/mol. The van der Waals surface area contributed by atoms with Crippen molar-refractivity contribution < 1.29 is 4.79 Å². The van der Waals surface area contributed by atoms with Crippen LogP contribution in [0.15, 0.2) is 4.99 Å². The summed E-state index contributed by atoms with van der Waals surface area (Å²) in [6, 6.07) is 0. The quantitative estimate of drug-likeness (QED) is 0.636. The topological polar surface area (TPSA) is 65.5 Å². The van der Waals surface area contributed by atoms with Crippen LogP contribution in [0.5, 0.6) is 0 Å². The number of guanidine groups is 1. The average molecular weight is 338 g/mol. The van der Waals surface area contributed by atoms with Crippen LogP contribution in [0.1, 0.15) is 19.3 Å². The zero-order chi connectivity index (χ0) is 10.5. The molecule has 0 unspecified atom stereocenters. The highest BCUT2D eigenvalue weighted by molar-refractivity contribution is 14.0. The number of rotatable bonds is 4. The Labute approximate surface area is 113 Å². The van der Waals surface area contributed by atoms with Gasteiger partial charge in [0, 0.05) is 19.6 Å². The normalized spacial score (nSPS) is 18.9. The molecule has 1 aliphatic carbocycles. The first-order valence-electron chi connectivity index (χ1n) is 5.63. The Morgan fingerprint density at radius 2 is 2.31 bits per heavy atom. The third kappa shape index (κ3) is 5.00. The third-order valence-corrected chi connectivity index (χ3v) is 2.60. The number of halogens is 1. The van der Waals surface area contributed by atoms with Gasteiger partial charge in [0.1, 0.15) is 0 Å². The minimum Gasteiger partial charge on any atom is -0.356 e. The molecule has 1 amide bonds. The first kappa shape index (κ1) is 13.5. The molecule has 1 saturated carbocycles. The van der Waals surface area contributed by atoms with E-state index in [1.54, 1.807) is 0 Å². The fourth-order valence-corrected chi connectivity index (χ4v) is 1.46.